The molecule has 0 spiro atoms. The highest BCUT2D eigenvalue weighted by Crippen LogP contribution is 2.07. The third-order valence-electron chi connectivity index (χ3n) is 3.98. The van der Waals surface area contributed by atoms with E-state index in [1.807, 2.05) is 32.0 Å². The Morgan fingerprint density at radius 1 is 1.17 bits per heavy atom. The molecule has 24 heavy (non-hydrogen) atoms. The lowest BCUT2D eigenvalue weighted by molar-refractivity contribution is -0.120. The normalized spacial score (nSPS) is 11.7. The van der Waals surface area contributed by atoms with Gasteiger partial charge in [-0.2, -0.15) is 0 Å². The predicted molar refractivity (Wildman–Crippen MR) is 98.2 cm³/mol. The van der Waals surface area contributed by atoms with Crippen molar-refractivity contribution in [2.75, 3.05) is 18.8 Å². The first-order valence-electron chi connectivity index (χ1n) is 8.75. The second-order valence-electron chi connectivity index (χ2n) is 5.86. The van der Waals surface area contributed by atoms with Gasteiger partial charge in [-0.05, 0) is 24.0 Å². The van der Waals surface area contributed by atoms with Crippen molar-refractivity contribution in [1.82, 2.24) is 9.62 Å². The van der Waals surface area contributed by atoms with Crippen LogP contribution in [0.1, 0.15) is 51.2 Å². The van der Waals surface area contributed by atoms with Crippen LogP contribution in [0.15, 0.2) is 24.3 Å². The largest absolute Gasteiger partial charge is 0.352 e. The van der Waals surface area contributed by atoms with Gasteiger partial charge in [0.2, 0.25) is 15.9 Å². The summed E-state index contributed by atoms with van der Waals surface area (Å²) >= 11 is 0. The number of benzene rings is 1. The van der Waals surface area contributed by atoms with Gasteiger partial charge >= 0.3 is 0 Å². The maximum Gasteiger partial charge on any atom is 0.221 e. The highest BCUT2D eigenvalue weighted by atomic mass is 32.2. The fraction of sp³-hybridized carbons (Fsp3) is 0.611. The number of sulfonamides is 1. The standard InChI is InChI=1S/C18H30N2O3S/c1-4-7-12-20(6-3)24(22,23)13-11-18(21)19-15-17-10-8-9-16(5-2)14-17/h8-10,14H,4-7,11-13,15H2,1-3H3,(H,19,21). The highest BCUT2D eigenvalue weighted by Gasteiger charge is 2.20. The molecule has 0 aromatic heterocycles. The van der Waals surface area contributed by atoms with Crippen LogP contribution in [0.25, 0.3) is 0 Å². The molecule has 0 aliphatic heterocycles. The Bertz CT molecular complexity index is 614. The van der Waals surface area contributed by atoms with Crippen LogP contribution in [0.5, 0.6) is 0 Å². The van der Waals surface area contributed by atoms with Gasteiger partial charge in [-0.25, -0.2) is 12.7 Å². The Hall–Kier alpha value is -1.40. The summed E-state index contributed by atoms with van der Waals surface area (Å²) in [5.41, 5.74) is 2.25. The Morgan fingerprint density at radius 2 is 1.88 bits per heavy atom. The number of carbonyl (C=O) groups excluding carboxylic acids is 1. The summed E-state index contributed by atoms with van der Waals surface area (Å²) in [5, 5.41) is 2.80. The SMILES string of the molecule is CCCCN(CC)S(=O)(=O)CCC(=O)NCc1cccc(CC)c1. The molecule has 0 unspecified atom stereocenters. The third kappa shape index (κ3) is 7.01. The molecule has 0 atom stereocenters. The van der Waals surface area contributed by atoms with Gasteiger partial charge in [-0.1, -0.05) is 51.5 Å². The van der Waals surface area contributed by atoms with Crippen molar-refractivity contribution in [3.63, 3.8) is 0 Å². The number of carbonyl (C=O) groups is 1. The van der Waals surface area contributed by atoms with Crippen LogP contribution in [0.3, 0.4) is 0 Å². The number of hydrogen-bond donors (Lipinski definition) is 1. The van der Waals surface area contributed by atoms with E-state index in [9.17, 15) is 13.2 Å². The van der Waals surface area contributed by atoms with Gasteiger partial charge < -0.3 is 5.32 Å². The topological polar surface area (TPSA) is 66.5 Å². The molecule has 5 nitrogen and oxygen atoms in total. The summed E-state index contributed by atoms with van der Waals surface area (Å²) in [7, 11) is -3.36. The van der Waals surface area contributed by atoms with E-state index in [-0.39, 0.29) is 18.1 Å². The van der Waals surface area contributed by atoms with Crippen molar-refractivity contribution in [3.8, 4) is 0 Å². The second-order valence-corrected chi connectivity index (χ2v) is 7.95. The molecule has 0 heterocycles. The third-order valence-corrected chi connectivity index (χ3v) is 5.93. The highest BCUT2D eigenvalue weighted by molar-refractivity contribution is 7.89. The molecule has 0 bridgehead atoms. The Morgan fingerprint density at radius 3 is 2.50 bits per heavy atom. The summed E-state index contributed by atoms with van der Waals surface area (Å²) in [6.07, 6.45) is 2.74. The average Bonchev–Trinajstić information content (AvgIpc) is 2.59. The van der Waals surface area contributed by atoms with Gasteiger partial charge in [0.1, 0.15) is 0 Å². The van der Waals surface area contributed by atoms with E-state index in [1.165, 1.54) is 9.87 Å². The van der Waals surface area contributed by atoms with Gasteiger partial charge in [0.05, 0.1) is 5.75 Å². The van der Waals surface area contributed by atoms with Gasteiger partial charge in [-0.3, -0.25) is 4.79 Å². The minimum absolute atomic E-state index is 0.00156. The molecule has 1 rings (SSSR count). The molecule has 136 valence electrons. The molecule has 6 heteroatoms. The fourth-order valence-electron chi connectivity index (χ4n) is 2.43. The molecular weight excluding hydrogens is 324 g/mol. The number of hydrogen-bond acceptors (Lipinski definition) is 3. The molecule has 0 radical (unpaired) electrons. The predicted octanol–water partition coefficient (Wildman–Crippen LogP) is 2.71. The van der Waals surface area contributed by atoms with E-state index < -0.39 is 10.0 Å². The van der Waals surface area contributed by atoms with E-state index >= 15 is 0 Å². The zero-order valence-corrected chi connectivity index (χ0v) is 15.9. The minimum Gasteiger partial charge on any atom is -0.352 e. The molecular formula is C18H30N2O3S. The summed E-state index contributed by atoms with van der Waals surface area (Å²) in [5.74, 6) is -0.363. The summed E-state index contributed by atoms with van der Waals surface area (Å²) in [6, 6.07) is 8.03. The van der Waals surface area contributed by atoms with E-state index in [4.69, 9.17) is 0 Å². The van der Waals surface area contributed by atoms with E-state index in [0.29, 0.717) is 19.6 Å². The summed E-state index contributed by atoms with van der Waals surface area (Å²) in [4.78, 5) is 11.9. The van der Waals surface area contributed by atoms with Crippen LogP contribution in [-0.2, 0) is 27.8 Å². The van der Waals surface area contributed by atoms with Gasteiger partial charge in [0, 0.05) is 26.1 Å². The maximum atomic E-state index is 12.3. The fourth-order valence-corrected chi connectivity index (χ4v) is 3.93. The van der Waals surface area contributed by atoms with Crippen molar-refractivity contribution in [2.45, 2.75) is 53.0 Å². The van der Waals surface area contributed by atoms with Crippen LogP contribution in [0.4, 0.5) is 0 Å². The van der Waals surface area contributed by atoms with Crippen LogP contribution >= 0.6 is 0 Å². The lowest BCUT2D eigenvalue weighted by atomic mass is 10.1. The first-order valence-corrected chi connectivity index (χ1v) is 10.4. The number of amides is 1. The molecule has 0 aliphatic rings. The molecule has 1 aromatic rings. The first kappa shape index (κ1) is 20.6. The summed E-state index contributed by atoms with van der Waals surface area (Å²) < 4.78 is 26.0. The van der Waals surface area contributed by atoms with Crippen molar-refractivity contribution < 1.29 is 13.2 Å². The van der Waals surface area contributed by atoms with E-state index in [1.54, 1.807) is 0 Å². The number of nitrogens with one attached hydrogen (secondary N) is 1. The number of rotatable bonds is 11. The monoisotopic (exact) mass is 354 g/mol. The van der Waals surface area contributed by atoms with Crippen LogP contribution in [-0.4, -0.2) is 37.5 Å². The average molecular weight is 355 g/mol. The van der Waals surface area contributed by atoms with Crippen LogP contribution in [0.2, 0.25) is 0 Å². The Labute approximate surface area is 146 Å². The number of unbranched alkanes of at least 4 members (excludes halogenated alkanes) is 1. The van der Waals surface area contributed by atoms with Crippen LogP contribution < -0.4 is 5.32 Å². The summed E-state index contributed by atoms with van der Waals surface area (Å²) in [6.45, 7) is 7.35. The second kappa shape index (κ2) is 10.5. The van der Waals surface area contributed by atoms with Crippen molar-refractivity contribution in [3.05, 3.63) is 35.4 Å². The van der Waals surface area contributed by atoms with Crippen molar-refractivity contribution >= 4 is 15.9 Å². The van der Waals surface area contributed by atoms with Crippen LogP contribution in [0, 0.1) is 0 Å². The molecule has 0 saturated carbocycles. The molecule has 1 amide bonds. The Balaban J connectivity index is 2.46. The lowest BCUT2D eigenvalue weighted by Crippen LogP contribution is -2.35. The lowest BCUT2D eigenvalue weighted by Gasteiger charge is -2.20. The smallest absolute Gasteiger partial charge is 0.221 e. The quantitative estimate of drug-likeness (QED) is 0.664. The molecule has 0 aliphatic carbocycles. The van der Waals surface area contributed by atoms with E-state index in [2.05, 4.69) is 18.3 Å². The van der Waals surface area contributed by atoms with E-state index in [0.717, 1.165) is 24.8 Å². The van der Waals surface area contributed by atoms with Gasteiger partial charge in [0.25, 0.3) is 0 Å². The molecule has 1 N–H and O–H groups in total. The Kier molecular flexibility index (Phi) is 9.00. The number of aryl methyl sites for hydroxylation is 1. The molecule has 0 saturated heterocycles. The zero-order chi connectivity index (χ0) is 18.0. The molecule has 1 aromatic carbocycles. The van der Waals surface area contributed by atoms with Gasteiger partial charge in [0.15, 0.2) is 0 Å². The zero-order valence-electron chi connectivity index (χ0n) is 15.0. The number of nitrogens with zero attached hydrogens (tertiary/aromatic N) is 1. The first-order chi connectivity index (χ1) is 11.4. The van der Waals surface area contributed by atoms with Crippen molar-refractivity contribution in [1.29, 1.82) is 0 Å². The van der Waals surface area contributed by atoms with Crippen molar-refractivity contribution in [2.24, 2.45) is 0 Å². The maximum absolute atomic E-state index is 12.3. The van der Waals surface area contributed by atoms with Gasteiger partial charge in [-0.15, -0.1) is 0 Å². The minimum atomic E-state index is -3.36. The molecule has 0 fully saturated rings.